The number of ether oxygens (including phenoxy) is 1. The standard InChI is InChI=1S/C12H23N3O2/c1-2-13-7-10-3-5-15(6-4-10)9-11-8-14-12(16)17-11/h10-11,13H,2-9H2,1H3,(H,14,16). The third kappa shape index (κ3) is 3.85. The Balaban J connectivity index is 1.63. The molecular formula is C12H23N3O2. The zero-order valence-electron chi connectivity index (χ0n) is 10.6. The molecule has 2 aliphatic rings. The highest BCUT2D eigenvalue weighted by Gasteiger charge is 2.26. The molecular weight excluding hydrogens is 218 g/mol. The molecule has 2 heterocycles. The second kappa shape index (κ2) is 6.21. The molecule has 0 aliphatic carbocycles. The Morgan fingerprint density at radius 2 is 2.24 bits per heavy atom. The minimum Gasteiger partial charge on any atom is -0.443 e. The quantitative estimate of drug-likeness (QED) is 0.732. The molecule has 5 heteroatoms. The van der Waals surface area contributed by atoms with E-state index in [0.717, 1.165) is 38.6 Å². The molecule has 0 radical (unpaired) electrons. The lowest BCUT2D eigenvalue weighted by atomic mass is 9.96. The number of rotatable bonds is 5. The van der Waals surface area contributed by atoms with Crippen LogP contribution in [0, 0.1) is 5.92 Å². The summed E-state index contributed by atoms with van der Waals surface area (Å²) in [5, 5.41) is 6.11. The van der Waals surface area contributed by atoms with Gasteiger partial charge in [-0.3, -0.25) is 4.90 Å². The molecule has 2 aliphatic heterocycles. The van der Waals surface area contributed by atoms with Crippen LogP contribution in [0.5, 0.6) is 0 Å². The minimum atomic E-state index is -0.267. The van der Waals surface area contributed by atoms with E-state index in [9.17, 15) is 4.79 Å². The molecule has 2 N–H and O–H groups in total. The Hall–Kier alpha value is -0.810. The van der Waals surface area contributed by atoms with E-state index >= 15 is 0 Å². The van der Waals surface area contributed by atoms with Gasteiger partial charge in [-0.05, 0) is 44.9 Å². The number of cyclic esters (lactones) is 1. The van der Waals surface area contributed by atoms with Crippen molar-refractivity contribution in [1.82, 2.24) is 15.5 Å². The molecule has 2 rings (SSSR count). The fourth-order valence-corrected chi connectivity index (χ4v) is 2.54. The molecule has 0 aromatic carbocycles. The summed E-state index contributed by atoms with van der Waals surface area (Å²) in [6, 6.07) is 0. The molecule has 5 nitrogen and oxygen atoms in total. The number of amides is 1. The fraction of sp³-hybridized carbons (Fsp3) is 0.917. The molecule has 1 amide bonds. The van der Waals surface area contributed by atoms with Crippen LogP contribution >= 0.6 is 0 Å². The van der Waals surface area contributed by atoms with E-state index in [1.807, 2.05) is 0 Å². The molecule has 0 bridgehead atoms. The maximum Gasteiger partial charge on any atom is 0.407 e. The van der Waals surface area contributed by atoms with E-state index < -0.39 is 0 Å². The predicted octanol–water partition coefficient (Wildman–Crippen LogP) is 0.416. The summed E-state index contributed by atoms with van der Waals surface area (Å²) in [6.45, 7) is 8.15. The third-order valence-corrected chi connectivity index (χ3v) is 3.60. The number of likely N-dealkylation sites (tertiary alicyclic amines) is 1. The number of hydrogen-bond donors (Lipinski definition) is 2. The molecule has 0 aromatic heterocycles. The van der Waals surface area contributed by atoms with Crippen LogP contribution in [-0.4, -0.2) is 56.4 Å². The zero-order chi connectivity index (χ0) is 12.1. The molecule has 1 atom stereocenters. The normalized spacial score (nSPS) is 26.9. The average molecular weight is 241 g/mol. The predicted molar refractivity (Wildman–Crippen MR) is 66.0 cm³/mol. The number of alkyl carbamates (subject to hydrolysis) is 1. The van der Waals surface area contributed by atoms with Crippen molar-refractivity contribution in [3.05, 3.63) is 0 Å². The van der Waals surface area contributed by atoms with Gasteiger partial charge in [0.15, 0.2) is 0 Å². The Labute approximate surface area is 103 Å². The van der Waals surface area contributed by atoms with Gasteiger partial charge in [-0.25, -0.2) is 4.79 Å². The first-order valence-electron chi connectivity index (χ1n) is 6.65. The second-order valence-electron chi connectivity index (χ2n) is 4.96. The Bertz CT molecular complexity index is 252. The maximum absolute atomic E-state index is 10.9. The average Bonchev–Trinajstić information content (AvgIpc) is 2.74. The molecule has 17 heavy (non-hydrogen) atoms. The second-order valence-corrected chi connectivity index (χ2v) is 4.96. The SMILES string of the molecule is CCNCC1CCN(CC2CNC(=O)O2)CC1. The summed E-state index contributed by atoms with van der Waals surface area (Å²) in [6.07, 6.45) is 2.28. The van der Waals surface area contributed by atoms with Crippen molar-refractivity contribution in [2.24, 2.45) is 5.92 Å². The van der Waals surface area contributed by atoms with E-state index in [2.05, 4.69) is 22.5 Å². The lowest BCUT2D eigenvalue weighted by molar-refractivity contribution is 0.0913. The van der Waals surface area contributed by atoms with Crippen LogP contribution in [0.4, 0.5) is 4.79 Å². The molecule has 0 saturated carbocycles. The number of nitrogens with zero attached hydrogens (tertiary/aromatic N) is 1. The van der Waals surface area contributed by atoms with Gasteiger partial charge < -0.3 is 15.4 Å². The first-order valence-corrected chi connectivity index (χ1v) is 6.65. The summed E-state index contributed by atoms with van der Waals surface area (Å²) in [7, 11) is 0. The fourth-order valence-electron chi connectivity index (χ4n) is 2.54. The number of piperidine rings is 1. The van der Waals surface area contributed by atoms with Crippen molar-refractivity contribution in [2.75, 3.05) is 39.3 Å². The van der Waals surface area contributed by atoms with Crippen molar-refractivity contribution in [3.63, 3.8) is 0 Å². The Morgan fingerprint density at radius 1 is 1.47 bits per heavy atom. The summed E-state index contributed by atoms with van der Waals surface area (Å²) in [5.41, 5.74) is 0. The monoisotopic (exact) mass is 241 g/mol. The molecule has 0 spiro atoms. The zero-order valence-corrected chi connectivity index (χ0v) is 10.6. The summed E-state index contributed by atoms with van der Waals surface area (Å²) in [5.74, 6) is 0.815. The van der Waals surface area contributed by atoms with Gasteiger partial charge in [-0.2, -0.15) is 0 Å². The highest BCUT2D eigenvalue weighted by molar-refractivity contribution is 5.69. The Morgan fingerprint density at radius 3 is 2.82 bits per heavy atom. The molecule has 1 unspecified atom stereocenters. The lowest BCUT2D eigenvalue weighted by Gasteiger charge is -2.32. The van der Waals surface area contributed by atoms with E-state index in [4.69, 9.17) is 4.74 Å². The van der Waals surface area contributed by atoms with Gasteiger partial charge in [0.1, 0.15) is 6.10 Å². The van der Waals surface area contributed by atoms with Crippen molar-refractivity contribution >= 4 is 6.09 Å². The van der Waals surface area contributed by atoms with Crippen LogP contribution in [0.1, 0.15) is 19.8 Å². The van der Waals surface area contributed by atoms with Gasteiger partial charge in [-0.15, -0.1) is 0 Å². The van der Waals surface area contributed by atoms with Gasteiger partial charge in [0.2, 0.25) is 0 Å². The van der Waals surface area contributed by atoms with Crippen molar-refractivity contribution in [2.45, 2.75) is 25.9 Å². The van der Waals surface area contributed by atoms with Crippen LogP contribution in [0.3, 0.4) is 0 Å². The molecule has 98 valence electrons. The van der Waals surface area contributed by atoms with Gasteiger partial charge in [-0.1, -0.05) is 6.92 Å². The largest absolute Gasteiger partial charge is 0.443 e. The number of carbonyl (C=O) groups excluding carboxylic acids is 1. The van der Waals surface area contributed by atoms with Crippen molar-refractivity contribution in [3.8, 4) is 0 Å². The maximum atomic E-state index is 10.9. The van der Waals surface area contributed by atoms with Gasteiger partial charge in [0.25, 0.3) is 0 Å². The van der Waals surface area contributed by atoms with Crippen molar-refractivity contribution < 1.29 is 9.53 Å². The number of hydrogen-bond acceptors (Lipinski definition) is 4. The van der Waals surface area contributed by atoms with Gasteiger partial charge in [0.05, 0.1) is 6.54 Å². The highest BCUT2D eigenvalue weighted by Crippen LogP contribution is 2.17. The Kier molecular flexibility index (Phi) is 4.62. The first-order chi connectivity index (χ1) is 8.28. The minimum absolute atomic E-state index is 0.0489. The van der Waals surface area contributed by atoms with E-state index in [0.29, 0.717) is 6.54 Å². The third-order valence-electron chi connectivity index (χ3n) is 3.60. The molecule has 0 aromatic rings. The van der Waals surface area contributed by atoms with Crippen molar-refractivity contribution in [1.29, 1.82) is 0 Å². The summed E-state index contributed by atoms with van der Waals surface area (Å²) in [4.78, 5) is 13.3. The highest BCUT2D eigenvalue weighted by atomic mass is 16.6. The lowest BCUT2D eigenvalue weighted by Crippen LogP contribution is -2.41. The van der Waals surface area contributed by atoms with E-state index in [1.54, 1.807) is 0 Å². The molecule has 2 saturated heterocycles. The van der Waals surface area contributed by atoms with Crippen LogP contribution < -0.4 is 10.6 Å². The summed E-state index contributed by atoms with van der Waals surface area (Å²) >= 11 is 0. The smallest absolute Gasteiger partial charge is 0.407 e. The molecule has 2 fully saturated rings. The van der Waals surface area contributed by atoms with Crippen LogP contribution in [0.15, 0.2) is 0 Å². The number of nitrogens with one attached hydrogen (secondary N) is 2. The van der Waals surface area contributed by atoms with Gasteiger partial charge in [0, 0.05) is 6.54 Å². The van der Waals surface area contributed by atoms with Gasteiger partial charge >= 0.3 is 6.09 Å². The number of carbonyl (C=O) groups is 1. The first kappa shape index (κ1) is 12.6. The van der Waals surface area contributed by atoms with E-state index in [-0.39, 0.29) is 12.2 Å². The van der Waals surface area contributed by atoms with Crippen LogP contribution in [0.25, 0.3) is 0 Å². The topological polar surface area (TPSA) is 53.6 Å². The van der Waals surface area contributed by atoms with E-state index in [1.165, 1.54) is 12.8 Å². The van der Waals surface area contributed by atoms with Crippen LogP contribution in [-0.2, 0) is 4.74 Å². The summed E-state index contributed by atoms with van der Waals surface area (Å²) < 4.78 is 5.15. The van der Waals surface area contributed by atoms with Crippen LogP contribution in [0.2, 0.25) is 0 Å².